The van der Waals surface area contributed by atoms with Gasteiger partial charge in [-0.15, -0.1) is 0 Å². The summed E-state index contributed by atoms with van der Waals surface area (Å²) in [6.07, 6.45) is 3.32. The predicted octanol–water partition coefficient (Wildman–Crippen LogP) is 1.92. The number of amides is 1. The van der Waals surface area contributed by atoms with E-state index in [2.05, 4.69) is 0 Å². The first-order valence-electron chi connectivity index (χ1n) is 8.40. The van der Waals surface area contributed by atoms with Gasteiger partial charge in [0.1, 0.15) is 11.5 Å². The third kappa shape index (κ3) is 2.26. The fraction of sp³-hybridized carbons (Fsp3) is 0.474. The van der Waals surface area contributed by atoms with E-state index >= 15 is 0 Å². The number of benzene rings is 1. The van der Waals surface area contributed by atoms with Gasteiger partial charge in [-0.2, -0.15) is 0 Å². The first-order chi connectivity index (χ1) is 11.5. The van der Waals surface area contributed by atoms with Crippen molar-refractivity contribution >= 4 is 11.9 Å². The Morgan fingerprint density at radius 1 is 1.38 bits per heavy atom. The molecule has 2 bridgehead atoms. The summed E-state index contributed by atoms with van der Waals surface area (Å²) < 4.78 is 11.4. The Bertz CT molecular complexity index is 699. The van der Waals surface area contributed by atoms with E-state index in [0.717, 1.165) is 5.56 Å². The Morgan fingerprint density at radius 3 is 2.83 bits per heavy atom. The first kappa shape index (κ1) is 15.4. The standard InChI is InChI=1S/C19H21NO4/c1-12(2)23-18(22)15-14-8-9-19(24-14)11-20(17(21)16(15)19)10-13-6-4-3-5-7-13/h3-9,12,14-16H,10-11H2,1-2H3/t14-,15+,16+,19+/m1/s1. The van der Waals surface area contributed by atoms with Crippen LogP contribution in [0.1, 0.15) is 19.4 Å². The van der Waals surface area contributed by atoms with Gasteiger partial charge in [-0.05, 0) is 19.4 Å². The average molecular weight is 327 g/mol. The summed E-state index contributed by atoms with van der Waals surface area (Å²) >= 11 is 0. The van der Waals surface area contributed by atoms with Gasteiger partial charge in [0, 0.05) is 6.54 Å². The Kier molecular flexibility index (Phi) is 3.49. The fourth-order valence-electron chi connectivity index (χ4n) is 4.10. The Labute approximate surface area is 141 Å². The minimum absolute atomic E-state index is 0.0172. The van der Waals surface area contributed by atoms with Crippen LogP contribution in [-0.2, 0) is 25.6 Å². The van der Waals surface area contributed by atoms with Crippen molar-refractivity contribution in [1.82, 2.24) is 4.90 Å². The molecule has 2 saturated heterocycles. The van der Waals surface area contributed by atoms with Gasteiger partial charge in [-0.3, -0.25) is 9.59 Å². The molecule has 0 N–H and O–H groups in total. The molecule has 0 radical (unpaired) electrons. The molecule has 2 fully saturated rings. The second-order valence-electron chi connectivity index (χ2n) is 7.07. The van der Waals surface area contributed by atoms with Crippen LogP contribution in [0.5, 0.6) is 0 Å². The van der Waals surface area contributed by atoms with Crippen molar-refractivity contribution in [3.05, 3.63) is 48.0 Å². The fourth-order valence-corrected chi connectivity index (χ4v) is 4.10. The van der Waals surface area contributed by atoms with Crippen molar-refractivity contribution in [1.29, 1.82) is 0 Å². The van der Waals surface area contributed by atoms with Gasteiger partial charge < -0.3 is 14.4 Å². The summed E-state index contributed by atoms with van der Waals surface area (Å²) in [5.74, 6) is -1.36. The third-order valence-electron chi connectivity index (χ3n) is 5.02. The third-order valence-corrected chi connectivity index (χ3v) is 5.02. The van der Waals surface area contributed by atoms with Crippen molar-refractivity contribution < 1.29 is 19.1 Å². The van der Waals surface area contributed by atoms with E-state index in [9.17, 15) is 9.59 Å². The SMILES string of the molecule is CC(C)OC(=O)[C@@H]1[C@H]2C(=O)N(Cc3ccccc3)C[C@@]23C=C[C@H]1O3. The van der Waals surface area contributed by atoms with Gasteiger partial charge in [0.2, 0.25) is 5.91 Å². The van der Waals surface area contributed by atoms with E-state index in [1.165, 1.54) is 0 Å². The number of fused-ring (bicyclic) bond motifs is 1. The molecule has 1 aromatic carbocycles. The highest BCUT2D eigenvalue weighted by molar-refractivity contribution is 5.91. The van der Waals surface area contributed by atoms with Gasteiger partial charge in [0.25, 0.3) is 0 Å². The number of hydrogen-bond donors (Lipinski definition) is 0. The molecule has 0 aromatic heterocycles. The molecule has 5 nitrogen and oxygen atoms in total. The molecule has 0 aliphatic carbocycles. The van der Waals surface area contributed by atoms with E-state index in [0.29, 0.717) is 13.1 Å². The first-order valence-corrected chi connectivity index (χ1v) is 8.40. The average Bonchev–Trinajstić information content (AvgIpc) is 3.16. The molecule has 4 atom stereocenters. The summed E-state index contributed by atoms with van der Waals surface area (Å²) in [4.78, 5) is 27.3. The maximum absolute atomic E-state index is 13.0. The zero-order chi connectivity index (χ0) is 16.9. The van der Waals surface area contributed by atoms with Crippen molar-refractivity contribution in [3.8, 4) is 0 Å². The van der Waals surface area contributed by atoms with E-state index in [4.69, 9.17) is 9.47 Å². The molecule has 24 heavy (non-hydrogen) atoms. The van der Waals surface area contributed by atoms with Gasteiger partial charge in [0.15, 0.2) is 0 Å². The van der Waals surface area contributed by atoms with Crippen LogP contribution in [0.4, 0.5) is 0 Å². The number of carbonyl (C=O) groups is 2. The number of hydrogen-bond acceptors (Lipinski definition) is 4. The normalized spacial score (nSPS) is 33.4. The van der Waals surface area contributed by atoms with Crippen LogP contribution in [0, 0.1) is 11.8 Å². The molecule has 3 aliphatic heterocycles. The van der Waals surface area contributed by atoms with Crippen molar-refractivity contribution in [3.63, 3.8) is 0 Å². The number of nitrogens with zero attached hydrogens (tertiary/aromatic N) is 1. The number of likely N-dealkylation sites (tertiary alicyclic amines) is 1. The Morgan fingerprint density at radius 2 is 2.12 bits per heavy atom. The zero-order valence-corrected chi connectivity index (χ0v) is 13.8. The van der Waals surface area contributed by atoms with Crippen LogP contribution < -0.4 is 0 Å². The summed E-state index contributed by atoms with van der Waals surface area (Å²) in [6, 6.07) is 9.86. The lowest BCUT2D eigenvalue weighted by Crippen LogP contribution is -2.40. The molecule has 3 aliphatic rings. The Hall–Kier alpha value is -2.14. The predicted molar refractivity (Wildman–Crippen MR) is 86.8 cm³/mol. The van der Waals surface area contributed by atoms with Gasteiger partial charge in [0.05, 0.1) is 24.7 Å². The van der Waals surface area contributed by atoms with Crippen LogP contribution >= 0.6 is 0 Å². The second kappa shape index (κ2) is 5.45. The lowest BCUT2D eigenvalue weighted by molar-refractivity contribution is -0.157. The molecular weight excluding hydrogens is 306 g/mol. The summed E-state index contributed by atoms with van der Waals surface area (Å²) in [6.45, 7) is 4.65. The van der Waals surface area contributed by atoms with Crippen LogP contribution in [-0.4, -0.2) is 41.1 Å². The van der Waals surface area contributed by atoms with Crippen molar-refractivity contribution in [2.75, 3.05) is 6.54 Å². The van der Waals surface area contributed by atoms with Crippen LogP contribution in [0.25, 0.3) is 0 Å². The molecule has 0 unspecified atom stereocenters. The van der Waals surface area contributed by atoms with Gasteiger partial charge >= 0.3 is 5.97 Å². The quantitative estimate of drug-likeness (QED) is 0.626. The Balaban J connectivity index is 1.58. The molecule has 3 heterocycles. The molecule has 1 aromatic rings. The molecule has 5 heteroatoms. The highest BCUT2D eigenvalue weighted by Gasteiger charge is 2.67. The summed E-state index contributed by atoms with van der Waals surface area (Å²) in [5.41, 5.74) is 0.402. The number of carbonyl (C=O) groups excluding carboxylic acids is 2. The van der Waals surface area contributed by atoms with Crippen LogP contribution in [0.3, 0.4) is 0 Å². The minimum atomic E-state index is -0.669. The molecule has 1 spiro atoms. The zero-order valence-electron chi connectivity index (χ0n) is 13.8. The van der Waals surface area contributed by atoms with Crippen LogP contribution in [0.2, 0.25) is 0 Å². The summed E-state index contributed by atoms with van der Waals surface area (Å²) in [5, 5.41) is 0. The van der Waals surface area contributed by atoms with E-state index in [-0.39, 0.29) is 24.1 Å². The van der Waals surface area contributed by atoms with Crippen LogP contribution in [0.15, 0.2) is 42.5 Å². The van der Waals surface area contributed by atoms with E-state index < -0.39 is 17.4 Å². The largest absolute Gasteiger partial charge is 0.463 e. The number of esters is 1. The maximum Gasteiger partial charge on any atom is 0.313 e. The van der Waals surface area contributed by atoms with Gasteiger partial charge in [-0.1, -0.05) is 42.5 Å². The molecule has 0 saturated carbocycles. The summed E-state index contributed by atoms with van der Waals surface area (Å²) in [7, 11) is 0. The molecule has 4 rings (SSSR count). The monoisotopic (exact) mass is 327 g/mol. The van der Waals surface area contributed by atoms with Gasteiger partial charge in [-0.25, -0.2) is 0 Å². The number of rotatable bonds is 4. The highest BCUT2D eigenvalue weighted by Crippen LogP contribution is 2.52. The minimum Gasteiger partial charge on any atom is -0.463 e. The lowest BCUT2D eigenvalue weighted by atomic mass is 9.77. The topological polar surface area (TPSA) is 55.8 Å². The molecule has 1 amide bonds. The highest BCUT2D eigenvalue weighted by atomic mass is 16.6. The van der Waals surface area contributed by atoms with Crippen molar-refractivity contribution in [2.24, 2.45) is 11.8 Å². The number of ether oxygens (including phenoxy) is 2. The molecule has 126 valence electrons. The lowest BCUT2D eigenvalue weighted by Gasteiger charge is -2.23. The second-order valence-corrected chi connectivity index (χ2v) is 7.07. The maximum atomic E-state index is 13.0. The van der Waals surface area contributed by atoms with E-state index in [1.54, 1.807) is 4.90 Å². The van der Waals surface area contributed by atoms with Crippen molar-refractivity contribution in [2.45, 2.75) is 38.2 Å². The molecular formula is C19H21NO4. The smallest absolute Gasteiger partial charge is 0.313 e. The van der Waals surface area contributed by atoms with E-state index in [1.807, 2.05) is 56.3 Å².